The van der Waals surface area contributed by atoms with E-state index in [1.165, 1.54) is 4.31 Å². The summed E-state index contributed by atoms with van der Waals surface area (Å²) >= 11 is 0. The molecule has 3 rings (SSSR count). The van der Waals surface area contributed by atoms with E-state index in [4.69, 9.17) is 4.74 Å². The van der Waals surface area contributed by atoms with Gasteiger partial charge in [-0.2, -0.15) is 4.31 Å². The highest BCUT2D eigenvalue weighted by atomic mass is 32.2. The van der Waals surface area contributed by atoms with Crippen LogP contribution in [0.25, 0.3) is 0 Å². The van der Waals surface area contributed by atoms with Crippen LogP contribution in [0.15, 0.2) is 59.8 Å². The van der Waals surface area contributed by atoms with Crippen molar-refractivity contribution in [2.24, 2.45) is 0 Å². The molecule has 0 N–H and O–H groups in total. The first-order valence-corrected chi connectivity index (χ1v) is 8.66. The number of sulfonamides is 1. The van der Waals surface area contributed by atoms with E-state index in [1.54, 1.807) is 36.7 Å². The molecule has 1 aliphatic rings. The zero-order valence-corrected chi connectivity index (χ0v) is 12.9. The number of hydrogen-bond donors (Lipinski definition) is 0. The highest BCUT2D eigenvalue weighted by Gasteiger charge is 2.30. The van der Waals surface area contributed by atoms with Gasteiger partial charge < -0.3 is 4.74 Å². The van der Waals surface area contributed by atoms with Gasteiger partial charge in [-0.25, -0.2) is 8.42 Å². The Bertz CT molecular complexity index is 705. The fourth-order valence-electron chi connectivity index (χ4n) is 2.56. The Kier molecular flexibility index (Phi) is 4.52. The van der Waals surface area contributed by atoms with E-state index < -0.39 is 10.0 Å². The molecule has 2 heterocycles. The van der Waals surface area contributed by atoms with Crippen LogP contribution in [-0.4, -0.2) is 43.5 Å². The topological polar surface area (TPSA) is 59.5 Å². The minimum Gasteiger partial charge on any atom is -0.375 e. The van der Waals surface area contributed by atoms with Crippen molar-refractivity contribution >= 4 is 10.0 Å². The second-order valence-electron chi connectivity index (χ2n) is 5.23. The Hall–Kier alpha value is -1.76. The summed E-state index contributed by atoms with van der Waals surface area (Å²) < 4.78 is 32.5. The molecule has 1 saturated heterocycles. The molecule has 1 aromatic heterocycles. The molecule has 1 unspecified atom stereocenters. The third-order valence-electron chi connectivity index (χ3n) is 3.67. The quantitative estimate of drug-likeness (QED) is 0.861. The lowest BCUT2D eigenvalue weighted by atomic mass is 10.1. The maximum Gasteiger partial charge on any atom is 0.243 e. The maximum atomic E-state index is 12.6. The first-order valence-electron chi connectivity index (χ1n) is 7.22. The minimum atomic E-state index is -3.45. The van der Waals surface area contributed by atoms with E-state index in [9.17, 15) is 8.42 Å². The molecule has 1 fully saturated rings. The summed E-state index contributed by atoms with van der Waals surface area (Å²) in [5, 5.41) is 0. The third-order valence-corrected chi connectivity index (χ3v) is 5.55. The van der Waals surface area contributed by atoms with Crippen LogP contribution >= 0.6 is 0 Å². The van der Waals surface area contributed by atoms with Crippen molar-refractivity contribution in [1.82, 2.24) is 9.29 Å². The summed E-state index contributed by atoms with van der Waals surface area (Å²) in [6.07, 6.45) is 4.02. The lowest BCUT2D eigenvalue weighted by Gasteiger charge is -2.32. The average molecular weight is 318 g/mol. The summed E-state index contributed by atoms with van der Waals surface area (Å²) in [6.45, 7) is 1.17. The first kappa shape index (κ1) is 15.1. The molecule has 1 atom stereocenters. The molecule has 0 spiro atoms. The van der Waals surface area contributed by atoms with Crippen LogP contribution < -0.4 is 0 Å². The molecule has 116 valence electrons. The Balaban J connectivity index is 1.73. The third kappa shape index (κ3) is 3.35. The monoisotopic (exact) mass is 318 g/mol. The molecule has 0 bridgehead atoms. The van der Waals surface area contributed by atoms with E-state index in [1.807, 2.05) is 18.2 Å². The first-order chi connectivity index (χ1) is 10.7. The minimum absolute atomic E-state index is 0.142. The van der Waals surface area contributed by atoms with Gasteiger partial charge in [0.1, 0.15) is 0 Å². The zero-order chi connectivity index (χ0) is 15.4. The van der Waals surface area contributed by atoms with E-state index in [0.717, 1.165) is 5.56 Å². The Morgan fingerprint density at radius 1 is 1.18 bits per heavy atom. The van der Waals surface area contributed by atoms with Crippen LogP contribution in [0, 0.1) is 0 Å². The smallest absolute Gasteiger partial charge is 0.243 e. The molecule has 1 aromatic carbocycles. The van der Waals surface area contributed by atoms with Crippen molar-refractivity contribution in [2.45, 2.75) is 17.4 Å². The zero-order valence-electron chi connectivity index (χ0n) is 12.1. The van der Waals surface area contributed by atoms with Crippen molar-refractivity contribution in [2.75, 3.05) is 19.7 Å². The molecule has 1 aliphatic heterocycles. The van der Waals surface area contributed by atoms with E-state index in [2.05, 4.69) is 4.98 Å². The standard InChI is InChI=1S/C16H18N2O3S/c19-22(20,16-6-2-1-3-7-16)18-9-10-21-15(13-18)11-14-5-4-8-17-12-14/h1-8,12,15H,9-11,13H2. The lowest BCUT2D eigenvalue weighted by Crippen LogP contribution is -2.46. The van der Waals surface area contributed by atoms with Crippen molar-refractivity contribution in [1.29, 1.82) is 0 Å². The van der Waals surface area contributed by atoms with E-state index >= 15 is 0 Å². The van der Waals surface area contributed by atoms with E-state index in [-0.39, 0.29) is 6.10 Å². The second-order valence-corrected chi connectivity index (χ2v) is 7.17. The van der Waals surface area contributed by atoms with Crippen molar-refractivity contribution in [3.8, 4) is 0 Å². The summed E-state index contributed by atoms with van der Waals surface area (Å²) in [7, 11) is -3.45. The fourth-order valence-corrected chi connectivity index (χ4v) is 4.03. The van der Waals surface area contributed by atoms with Gasteiger partial charge in [0, 0.05) is 31.9 Å². The van der Waals surface area contributed by atoms with Crippen molar-refractivity contribution < 1.29 is 13.2 Å². The van der Waals surface area contributed by atoms with Gasteiger partial charge in [0.05, 0.1) is 17.6 Å². The Morgan fingerprint density at radius 3 is 2.73 bits per heavy atom. The van der Waals surface area contributed by atoms with Crippen LogP contribution in [0.4, 0.5) is 0 Å². The summed E-state index contributed by atoms with van der Waals surface area (Å²) in [5.74, 6) is 0. The molecule has 2 aromatic rings. The van der Waals surface area contributed by atoms with Crippen molar-refractivity contribution in [3.63, 3.8) is 0 Å². The number of nitrogens with zero attached hydrogens (tertiary/aromatic N) is 2. The van der Waals surface area contributed by atoms with Crippen molar-refractivity contribution in [3.05, 3.63) is 60.4 Å². The number of ether oxygens (including phenoxy) is 1. The molecule has 0 radical (unpaired) electrons. The maximum absolute atomic E-state index is 12.6. The highest BCUT2D eigenvalue weighted by molar-refractivity contribution is 7.89. The summed E-state index contributed by atoms with van der Waals surface area (Å²) in [6, 6.07) is 12.4. The number of rotatable bonds is 4. The molecule has 5 nitrogen and oxygen atoms in total. The predicted octanol–water partition coefficient (Wildman–Crippen LogP) is 1.71. The largest absolute Gasteiger partial charge is 0.375 e. The predicted molar refractivity (Wildman–Crippen MR) is 82.9 cm³/mol. The van der Waals surface area contributed by atoms with Gasteiger partial charge in [0.2, 0.25) is 10.0 Å². The Labute approximate surface area is 130 Å². The van der Waals surface area contributed by atoms with Crippen LogP contribution in [0.5, 0.6) is 0 Å². The van der Waals surface area contributed by atoms with Crippen LogP contribution in [0.1, 0.15) is 5.56 Å². The molecule has 0 aliphatic carbocycles. The lowest BCUT2D eigenvalue weighted by molar-refractivity contribution is -0.000533. The van der Waals surface area contributed by atoms with Gasteiger partial charge in [0.25, 0.3) is 0 Å². The van der Waals surface area contributed by atoms with Gasteiger partial charge in [0.15, 0.2) is 0 Å². The van der Waals surface area contributed by atoms with E-state index in [0.29, 0.717) is 31.0 Å². The van der Waals surface area contributed by atoms with Gasteiger partial charge in [-0.1, -0.05) is 24.3 Å². The highest BCUT2D eigenvalue weighted by Crippen LogP contribution is 2.19. The van der Waals surface area contributed by atoms with Gasteiger partial charge in [-0.3, -0.25) is 4.98 Å². The average Bonchev–Trinajstić information content (AvgIpc) is 2.57. The second kappa shape index (κ2) is 6.56. The number of morpholine rings is 1. The van der Waals surface area contributed by atoms with Gasteiger partial charge in [-0.05, 0) is 23.8 Å². The van der Waals surface area contributed by atoms with Gasteiger partial charge in [-0.15, -0.1) is 0 Å². The van der Waals surface area contributed by atoms with Crippen LogP contribution in [0.2, 0.25) is 0 Å². The normalized spacial score (nSPS) is 19.9. The fraction of sp³-hybridized carbons (Fsp3) is 0.312. The number of pyridine rings is 1. The molecule has 22 heavy (non-hydrogen) atoms. The summed E-state index contributed by atoms with van der Waals surface area (Å²) in [4.78, 5) is 4.41. The molecule has 0 amide bonds. The molecular formula is C16H18N2O3S. The SMILES string of the molecule is O=S(=O)(c1ccccc1)N1CCOC(Cc2cccnc2)C1. The van der Waals surface area contributed by atoms with Crippen LogP contribution in [0.3, 0.4) is 0 Å². The number of aromatic nitrogens is 1. The molecule has 6 heteroatoms. The van der Waals surface area contributed by atoms with Crippen LogP contribution in [-0.2, 0) is 21.2 Å². The molecular weight excluding hydrogens is 300 g/mol. The van der Waals surface area contributed by atoms with Gasteiger partial charge >= 0.3 is 0 Å². The molecule has 0 saturated carbocycles. The Morgan fingerprint density at radius 2 is 2.00 bits per heavy atom. The number of hydrogen-bond acceptors (Lipinski definition) is 4. The number of benzene rings is 1. The summed E-state index contributed by atoms with van der Waals surface area (Å²) in [5.41, 5.74) is 1.05.